The number of hydrogen-bond donors (Lipinski definition) is 2. The normalized spacial score (nSPS) is 13.3. The molecule has 2 aromatic rings. The molecular weight excluding hydrogens is 372 g/mol. The number of rotatable bonds is 8. The van der Waals surface area contributed by atoms with Crippen molar-refractivity contribution in [3.63, 3.8) is 0 Å². The Hall–Kier alpha value is -1.89. The number of ether oxygens (including phenoxy) is 1. The lowest BCUT2D eigenvalue weighted by atomic mass is 10.0. The summed E-state index contributed by atoms with van der Waals surface area (Å²) in [6.45, 7) is 4.09. The Bertz CT molecular complexity index is 717. The van der Waals surface area contributed by atoms with E-state index in [-0.39, 0.29) is 23.8 Å². The standard InChI is InChI=1S/C19H23ClN2O3S/c1-12(2)17(22-18(23)16-5-4-10-26-16)19(24)21-11-15(25-3)13-6-8-14(20)9-7-13/h4-10,12,15,17H,11H2,1-3H3,(H,21,24)(H,22,23)/t15-,17-/m0/s1. The van der Waals surface area contributed by atoms with E-state index >= 15 is 0 Å². The molecule has 0 aliphatic rings. The van der Waals surface area contributed by atoms with Crippen molar-refractivity contribution in [3.05, 3.63) is 57.2 Å². The number of carbonyl (C=O) groups is 2. The quantitative estimate of drug-likeness (QED) is 0.718. The number of halogens is 1. The highest BCUT2D eigenvalue weighted by atomic mass is 35.5. The van der Waals surface area contributed by atoms with Gasteiger partial charge in [-0.25, -0.2) is 0 Å². The predicted octanol–water partition coefficient (Wildman–Crippen LogP) is 3.66. The molecule has 0 radical (unpaired) electrons. The molecule has 26 heavy (non-hydrogen) atoms. The van der Waals surface area contributed by atoms with E-state index in [9.17, 15) is 9.59 Å². The van der Waals surface area contributed by atoms with E-state index in [2.05, 4.69) is 10.6 Å². The van der Waals surface area contributed by atoms with Crippen LogP contribution in [0.25, 0.3) is 0 Å². The highest BCUT2D eigenvalue weighted by Gasteiger charge is 2.25. The van der Waals surface area contributed by atoms with Crippen LogP contribution in [-0.2, 0) is 9.53 Å². The molecule has 0 saturated heterocycles. The van der Waals surface area contributed by atoms with E-state index in [0.29, 0.717) is 16.4 Å². The number of thiophene rings is 1. The van der Waals surface area contributed by atoms with Crippen molar-refractivity contribution in [3.8, 4) is 0 Å². The van der Waals surface area contributed by atoms with Crippen LogP contribution in [-0.4, -0.2) is 31.5 Å². The third-order valence-electron chi connectivity index (χ3n) is 3.97. The zero-order valence-corrected chi connectivity index (χ0v) is 16.6. The topological polar surface area (TPSA) is 67.4 Å². The van der Waals surface area contributed by atoms with Gasteiger partial charge in [0.25, 0.3) is 5.91 Å². The zero-order valence-electron chi connectivity index (χ0n) is 15.0. The van der Waals surface area contributed by atoms with Gasteiger partial charge >= 0.3 is 0 Å². The van der Waals surface area contributed by atoms with Crippen molar-refractivity contribution >= 4 is 34.8 Å². The second-order valence-corrected chi connectivity index (χ2v) is 7.58. The van der Waals surface area contributed by atoms with E-state index in [1.807, 2.05) is 31.4 Å². The van der Waals surface area contributed by atoms with Gasteiger partial charge in [0.15, 0.2) is 0 Å². The summed E-state index contributed by atoms with van der Waals surface area (Å²) in [5.74, 6) is -0.522. The van der Waals surface area contributed by atoms with Crippen LogP contribution in [0.2, 0.25) is 5.02 Å². The summed E-state index contributed by atoms with van der Waals surface area (Å²) in [4.78, 5) is 25.4. The zero-order chi connectivity index (χ0) is 19.1. The molecule has 5 nitrogen and oxygen atoms in total. The first-order valence-corrected chi connectivity index (χ1v) is 9.58. The van der Waals surface area contributed by atoms with Gasteiger partial charge in [0, 0.05) is 18.7 Å². The van der Waals surface area contributed by atoms with Crippen molar-refractivity contribution in [2.75, 3.05) is 13.7 Å². The molecule has 1 aromatic heterocycles. The molecule has 0 aliphatic heterocycles. The lowest BCUT2D eigenvalue weighted by Crippen LogP contribution is -2.50. The van der Waals surface area contributed by atoms with Crippen LogP contribution in [0, 0.1) is 5.92 Å². The lowest BCUT2D eigenvalue weighted by Gasteiger charge is -2.23. The van der Waals surface area contributed by atoms with E-state index in [4.69, 9.17) is 16.3 Å². The summed E-state index contributed by atoms with van der Waals surface area (Å²) < 4.78 is 5.46. The van der Waals surface area contributed by atoms with Gasteiger partial charge in [0.2, 0.25) is 5.91 Å². The number of hydrogen-bond acceptors (Lipinski definition) is 4. The van der Waals surface area contributed by atoms with Gasteiger partial charge in [-0.1, -0.05) is 43.6 Å². The van der Waals surface area contributed by atoms with Crippen LogP contribution in [0.1, 0.15) is 35.2 Å². The largest absolute Gasteiger partial charge is 0.375 e. The summed E-state index contributed by atoms with van der Waals surface area (Å²) in [6, 6.07) is 10.2. The summed E-state index contributed by atoms with van der Waals surface area (Å²) in [7, 11) is 1.59. The second-order valence-electron chi connectivity index (χ2n) is 6.19. The number of amides is 2. The van der Waals surface area contributed by atoms with Gasteiger partial charge in [-0.3, -0.25) is 9.59 Å². The maximum absolute atomic E-state index is 12.6. The molecule has 0 bridgehead atoms. The van der Waals surface area contributed by atoms with Crippen LogP contribution in [0.5, 0.6) is 0 Å². The molecular formula is C19H23ClN2O3S. The Balaban J connectivity index is 1.98. The summed E-state index contributed by atoms with van der Waals surface area (Å²) in [5, 5.41) is 8.15. The maximum Gasteiger partial charge on any atom is 0.262 e. The number of carbonyl (C=O) groups excluding carboxylic acids is 2. The van der Waals surface area contributed by atoms with Gasteiger partial charge in [-0.15, -0.1) is 11.3 Å². The molecule has 7 heteroatoms. The molecule has 0 saturated carbocycles. The molecule has 0 fully saturated rings. The Morgan fingerprint density at radius 1 is 1.19 bits per heavy atom. The average Bonchev–Trinajstić information content (AvgIpc) is 3.15. The Kier molecular flexibility index (Phi) is 7.63. The highest BCUT2D eigenvalue weighted by Crippen LogP contribution is 2.19. The minimum atomic E-state index is -0.618. The van der Waals surface area contributed by atoms with Gasteiger partial charge < -0.3 is 15.4 Å². The third-order valence-corrected chi connectivity index (χ3v) is 5.09. The monoisotopic (exact) mass is 394 g/mol. The predicted molar refractivity (Wildman–Crippen MR) is 105 cm³/mol. The number of nitrogens with one attached hydrogen (secondary N) is 2. The lowest BCUT2D eigenvalue weighted by molar-refractivity contribution is -0.124. The molecule has 2 rings (SSSR count). The van der Waals surface area contributed by atoms with Crippen LogP contribution in [0.3, 0.4) is 0 Å². The molecule has 2 atom stereocenters. The molecule has 0 unspecified atom stereocenters. The average molecular weight is 395 g/mol. The molecule has 140 valence electrons. The minimum absolute atomic E-state index is 0.0459. The number of methoxy groups -OCH3 is 1. The Labute approximate surface area is 162 Å². The first-order chi connectivity index (χ1) is 12.4. The van der Waals surface area contributed by atoms with E-state index in [0.717, 1.165) is 5.56 Å². The first kappa shape index (κ1) is 20.4. The van der Waals surface area contributed by atoms with Crippen molar-refractivity contribution in [2.24, 2.45) is 5.92 Å². The van der Waals surface area contributed by atoms with Gasteiger partial charge in [0.05, 0.1) is 11.0 Å². The van der Waals surface area contributed by atoms with E-state index < -0.39 is 6.04 Å². The van der Waals surface area contributed by atoms with Gasteiger partial charge in [-0.2, -0.15) is 0 Å². The van der Waals surface area contributed by atoms with Crippen LogP contribution in [0.4, 0.5) is 0 Å². The smallest absolute Gasteiger partial charge is 0.262 e. The fraction of sp³-hybridized carbons (Fsp3) is 0.368. The van der Waals surface area contributed by atoms with E-state index in [1.54, 1.807) is 31.4 Å². The second kappa shape index (κ2) is 9.71. The maximum atomic E-state index is 12.6. The minimum Gasteiger partial charge on any atom is -0.375 e. The van der Waals surface area contributed by atoms with Gasteiger partial charge in [-0.05, 0) is 35.1 Å². The van der Waals surface area contributed by atoms with Crippen LogP contribution >= 0.6 is 22.9 Å². The summed E-state index contributed by atoms with van der Waals surface area (Å²) in [5.41, 5.74) is 0.918. The molecule has 0 spiro atoms. The molecule has 1 aromatic carbocycles. The van der Waals surface area contributed by atoms with Crippen LogP contribution < -0.4 is 10.6 Å². The van der Waals surface area contributed by atoms with Crippen molar-refractivity contribution in [1.82, 2.24) is 10.6 Å². The summed E-state index contributed by atoms with van der Waals surface area (Å²) >= 11 is 7.25. The SMILES string of the molecule is CO[C@@H](CNC(=O)[C@@H](NC(=O)c1cccs1)C(C)C)c1ccc(Cl)cc1. The molecule has 0 aliphatic carbocycles. The fourth-order valence-electron chi connectivity index (χ4n) is 2.47. The Morgan fingerprint density at radius 3 is 2.42 bits per heavy atom. The van der Waals surface area contributed by atoms with E-state index in [1.165, 1.54) is 11.3 Å². The number of benzene rings is 1. The van der Waals surface area contributed by atoms with Crippen LogP contribution in [0.15, 0.2) is 41.8 Å². The van der Waals surface area contributed by atoms with Crippen molar-refractivity contribution in [2.45, 2.75) is 26.0 Å². The Morgan fingerprint density at radius 2 is 1.88 bits per heavy atom. The molecule has 1 heterocycles. The first-order valence-electron chi connectivity index (χ1n) is 8.32. The molecule has 2 N–H and O–H groups in total. The third kappa shape index (κ3) is 5.56. The van der Waals surface area contributed by atoms with Gasteiger partial charge in [0.1, 0.15) is 6.04 Å². The van der Waals surface area contributed by atoms with Crippen molar-refractivity contribution in [1.29, 1.82) is 0 Å². The fourth-order valence-corrected chi connectivity index (χ4v) is 3.23. The van der Waals surface area contributed by atoms with Crippen molar-refractivity contribution < 1.29 is 14.3 Å². The highest BCUT2D eigenvalue weighted by molar-refractivity contribution is 7.12. The summed E-state index contributed by atoms with van der Waals surface area (Å²) in [6.07, 6.45) is -0.294. The molecule has 2 amide bonds.